The lowest BCUT2D eigenvalue weighted by Crippen LogP contribution is -2.27. The fourth-order valence-corrected chi connectivity index (χ4v) is 3.09. The second-order valence-corrected chi connectivity index (χ2v) is 7.09. The molecule has 0 bridgehead atoms. The summed E-state index contributed by atoms with van der Waals surface area (Å²) in [6.45, 7) is 0.463. The number of aromatic nitrogens is 2. The Morgan fingerprint density at radius 3 is 2.56 bits per heavy atom. The van der Waals surface area contributed by atoms with Crippen LogP contribution in [-0.4, -0.2) is 33.8 Å². The zero-order valence-corrected chi connectivity index (χ0v) is 16.0. The largest absolute Gasteiger partial charge is 0.411 e. The predicted molar refractivity (Wildman–Crippen MR) is 103 cm³/mol. The Labute approximate surface area is 165 Å². The zero-order valence-electron chi connectivity index (χ0n) is 14.4. The van der Waals surface area contributed by atoms with Crippen molar-refractivity contribution < 1.29 is 9.21 Å². The monoisotopic (exact) mass is 398 g/mol. The van der Waals surface area contributed by atoms with Crippen LogP contribution in [0.15, 0.2) is 58.2 Å². The Bertz CT molecular complexity index is 965. The van der Waals surface area contributed by atoms with E-state index in [-0.39, 0.29) is 11.7 Å². The molecule has 8 heteroatoms. The van der Waals surface area contributed by atoms with Crippen LogP contribution in [-0.2, 0) is 11.3 Å². The van der Waals surface area contributed by atoms with Crippen LogP contribution in [0.5, 0.6) is 0 Å². The molecule has 0 N–H and O–H groups in total. The van der Waals surface area contributed by atoms with Crippen molar-refractivity contribution in [3.05, 3.63) is 64.7 Å². The number of hydrogen-bond acceptors (Lipinski definition) is 6. The number of amides is 1. The van der Waals surface area contributed by atoms with Crippen LogP contribution in [0, 0.1) is 11.3 Å². The Hall–Kier alpha value is -2.82. The van der Waals surface area contributed by atoms with Gasteiger partial charge in [0.05, 0.1) is 17.4 Å². The summed E-state index contributed by atoms with van der Waals surface area (Å²) in [4.78, 5) is 13.9. The number of nitrogens with zero attached hydrogens (tertiary/aromatic N) is 4. The number of carbonyl (C=O) groups is 1. The number of carbonyl (C=O) groups excluding carboxylic acids is 1. The minimum absolute atomic E-state index is 0.0596. The van der Waals surface area contributed by atoms with E-state index in [0.717, 1.165) is 11.1 Å². The first-order chi connectivity index (χ1) is 13.0. The number of halogens is 1. The molecule has 0 aliphatic carbocycles. The van der Waals surface area contributed by atoms with Gasteiger partial charge in [0.15, 0.2) is 0 Å². The van der Waals surface area contributed by atoms with Crippen molar-refractivity contribution in [3.8, 4) is 17.5 Å². The Kier molecular flexibility index (Phi) is 6.12. The van der Waals surface area contributed by atoms with E-state index in [4.69, 9.17) is 21.3 Å². The Morgan fingerprint density at radius 1 is 1.19 bits per heavy atom. The molecular weight excluding hydrogens is 384 g/mol. The van der Waals surface area contributed by atoms with E-state index in [1.807, 2.05) is 12.1 Å². The van der Waals surface area contributed by atoms with Gasteiger partial charge in [-0.2, -0.15) is 5.26 Å². The molecule has 0 saturated heterocycles. The maximum absolute atomic E-state index is 12.3. The molecule has 0 atom stereocenters. The van der Waals surface area contributed by atoms with Gasteiger partial charge in [0.1, 0.15) is 0 Å². The molecular formula is C19H15ClN4O2S. The third-order valence-corrected chi connectivity index (χ3v) is 4.80. The number of hydrogen-bond donors (Lipinski definition) is 0. The minimum atomic E-state index is -0.0596. The summed E-state index contributed by atoms with van der Waals surface area (Å²) in [5.41, 5.74) is 2.32. The summed E-state index contributed by atoms with van der Waals surface area (Å²) >= 11 is 7.06. The third kappa shape index (κ3) is 5.09. The third-order valence-electron chi connectivity index (χ3n) is 3.75. The summed E-state index contributed by atoms with van der Waals surface area (Å²) in [5, 5.41) is 17.7. The van der Waals surface area contributed by atoms with E-state index in [1.165, 1.54) is 11.8 Å². The summed E-state index contributed by atoms with van der Waals surface area (Å²) in [5.74, 6) is 0.512. The highest BCUT2D eigenvalue weighted by Gasteiger charge is 2.14. The molecule has 1 amide bonds. The van der Waals surface area contributed by atoms with Crippen LogP contribution in [0.3, 0.4) is 0 Å². The molecule has 0 fully saturated rings. The van der Waals surface area contributed by atoms with Gasteiger partial charge in [-0.15, -0.1) is 10.2 Å². The first-order valence-corrected chi connectivity index (χ1v) is 9.37. The highest BCUT2D eigenvalue weighted by Crippen LogP contribution is 2.24. The van der Waals surface area contributed by atoms with E-state index in [2.05, 4.69) is 16.3 Å². The van der Waals surface area contributed by atoms with Crippen LogP contribution in [0.1, 0.15) is 11.1 Å². The average molecular weight is 399 g/mol. The highest BCUT2D eigenvalue weighted by atomic mass is 35.5. The molecule has 0 aliphatic heterocycles. The molecule has 27 heavy (non-hydrogen) atoms. The molecule has 0 radical (unpaired) electrons. The van der Waals surface area contributed by atoms with Gasteiger partial charge in [0, 0.05) is 24.2 Å². The average Bonchev–Trinajstić information content (AvgIpc) is 3.16. The van der Waals surface area contributed by atoms with E-state index in [0.29, 0.717) is 28.2 Å². The second-order valence-electron chi connectivity index (χ2n) is 5.73. The summed E-state index contributed by atoms with van der Waals surface area (Å²) in [7, 11) is 1.73. The number of rotatable bonds is 6. The molecule has 0 aliphatic rings. The number of nitriles is 1. The molecule has 136 valence electrons. The van der Waals surface area contributed by atoms with E-state index >= 15 is 0 Å². The van der Waals surface area contributed by atoms with E-state index in [1.54, 1.807) is 48.3 Å². The van der Waals surface area contributed by atoms with Gasteiger partial charge >= 0.3 is 0 Å². The second kappa shape index (κ2) is 8.71. The van der Waals surface area contributed by atoms with E-state index in [9.17, 15) is 4.79 Å². The van der Waals surface area contributed by atoms with Crippen molar-refractivity contribution in [1.29, 1.82) is 5.26 Å². The van der Waals surface area contributed by atoms with Gasteiger partial charge in [0.25, 0.3) is 5.22 Å². The van der Waals surface area contributed by atoms with Gasteiger partial charge in [-0.05, 0) is 42.0 Å². The van der Waals surface area contributed by atoms with Crippen LogP contribution in [0.2, 0.25) is 5.02 Å². The molecule has 6 nitrogen and oxygen atoms in total. The topological polar surface area (TPSA) is 83.0 Å². The first-order valence-electron chi connectivity index (χ1n) is 8.00. The van der Waals surface area contributed by atoms with Gasteiger partial charge < -0.3 is 9.32 Å². The van der Waals surface area contributed by atoms with E-state index < -0.39 is 0 Å². The van der Waals surface area contributed by atoms with Crippen molar-refractivity contribution in [2.75, 3.05) is 12.8 Å². The number of thioether (sulfide) groups is 1. The normalized spacial score (nSPS) is 10.4. The fraction of sp³-hybridized carbons (Fsp3) is 0.158. The molecule has 0 spiro atoms. The maximum Gasteiger partial charge on any atom is 0.277 e. The highest BCUT2D eigenvalue weighted by molar-refractivity contribution is 7.99. The number of benzene rings is 2. The lowest BCUT2D eigenvalue weighted by atomic mass is 10.1. The van der Waals surface area contributed by atoms with Gasteiger partial charge in [0.2, 0.25) is 11.8 Å². The summed E-state index contributed by atoms with van der Waals surface area (Å²) < 4.78 is 5.58. The fourth-order valence-electron chi connectivity index (χ4n) is 2.26. The van der Waals surface area contributed by atoms with Crippen LogP contribution in [0.4, 0.5) is 0 Å². The quantitative estimate of drug-likeness (QED) is 0.583. The van der Waals surface area contributed by atoms with Crippen LogP contribution >= 0.6 is 23.4 Å². The van der Waals surface area contributed by atoms with Gasteiger partial charge in [-0.25, -0.2) is 0 Å². The molecule has 3 aromatic rings. The van der Waals surface area contributed by atoms with Crippen molar-refractivity contribution in [1.82, 2.24) is 15.1 Å². The smallest absolute Gasteiger partial charge is 0.277 e. The summed E-state index contributed by atoms with van der Waals surface area (Å²) in [6, 6.07) is 16.3. The van der Waals surface area contributed by atoms with Crippen LogP contribution < -0.4 is 0 Å². The molecule has 1 heterocycles. The summed E-state index contributed by atoms with van der Waals surface area (Å²) in [6.07, 6.45) is 0. The molecule has 0 saturated carbocycles. The Balaban J connectivity index is 1.54. The van der Waals surface area contributed by atoms with Crippen molar-refractivity contribution >= 4 is 29.3 Å². The molecule has 3 rings (SSSR count). The van der Waals surface area contributed by atoms with Gasteiger partial charge in [-0.3, -0.25) is 4.79 Å². The lowest BCUT2D eigenvalue weighted by Gasteiger charge is -2.16. The van der Waals surface area contributed by atoms with Crippen molar-refractivity contribution in [2.45, 2.75) is 11.8 Å². The van der Waals surface area contributed by atoms with Crippen molar-refractivity contribution in [3.63, 3.8) is 0 Å². The van der Waals surface area contributed by atoms with Crippen LogP contribution in [0.25, 0.3) is 11.5 Å². The molecule has 2 aromatic carbocycles. The van der Waals surface area contributed by atoms with Crippen molar-refractivity contribution in [2.24, 2.45) is 0 Å². The molecule has 0 unspecified atom stereocenters. The first kappa shape index (κ1) is 19.0. The standard InChI is InChI=1S/C19H15ClN4O2S/c1-24(11-14-4-2-13(10-21)3-5-14)17(25)12-27-19-23-22-18(26-19)15-6-8-16(20)9-7-15/h2-9H,11-12H2,1H3. The minimum Gasteiger partial charge on any atom is -0.411 e. The van der Waals surface area contributed by atoms with Gasteiger partial charge in [-0.1, -0.05) is 35.5 Å². The molecule has 1 aromatic heterocycles. The maximum atomic E-state index is 12.3. The SMILES string of the molecule is CN(Cc1ccc(C#N)cc1)C(=O)CSc1nnc(-c2ccc(Cl)cc2)o1. The lowest BCUT2D eigenvalue weighted by molar-refractivity contribution is -0.127. The zero-order chi connectivity index (χ0) is 19.2. The predicted octanol–water partition coefficient (Wildman–Crippen LogP) is 4.01. The Morgan fingerprint density at radius 2 is 1.89 bits per heavy atom.